The number of para-hydroxylation sites is 3. The number of hydrogen-bond donors (Lipinski definition) is 0. The zero-order valence-electron chi connectivity index (χ0n) is 18.6. The van der Waals surface area contributed by atoms with E-state index in [1.807, 2.05) is 39.8 Å². The molecule has 0 saturated carbocycles. The van der Waals surface area contributed by atoms with Crippen LogP contribution in [0, 0.1) is 37.8 Å². The van der Waals surface area contributed by atoms with Crippen molar-refractivity contribution < 1.29 is 14.7 Å². The maximum absolute atomic E-state index is 13.6. The van der Waals surface area contributed by atoms with Gasteiger partial charge in [-0.3, -0.25) is 19.8 Å². The van der Waals surface area contributed by atoms with Crippen LogP contribution in [0.5, 0.6) is 0 Å². The second kappa shape index (κ2) is 7.42. The molecule has 2 aliphatic rings. The molecule has 9 nitrogen and oxygen atoms in total. The molecule has 3 aromatic rings. The largest absolute Gasteiger partial charge is 0.284 e. The van der Waals surface area contributed by atoms with Crippen LogP contribution >= 0.6 is 0 Å². The molecule has 0 radical (unpaired) electrons. The molecule has 0 fully saturated rings. The number of oxime groups is 1. The minimum absolute atomic E-state index is 0.0463. The van der Waals surface area contributed by atoms with Crippen molar-refractivity contribution in [3.8, 4) is 0 Å². The third kappa shape index (κ3) is 2.97. The summed E-state index contributed by atoms with van der Waals surface area (Å²) in [5, 5.41) is 20.1. The zero-order chi connectivity index (χ0) is 23.4. The van der Waals surface area contributed by atoms with Crippen LogP contribution in [-0.2, 0) is 4.94 Å². The Morgan fingerprint density at radius 2 is 1.55 bits per heavy atom. The Kier molecular flexibility index (Phi) is 4.64. The second-order valence-electron chi connectivity index (χ2n) is 8.08. The van der Waals surface area contributed by atoms with Gasteiger partial charge in [0.05, 0.1) is 21.6 Å². The molecule has 0 saturated heterocycles. The molecule has 0 N–H and O–H groups in total. The standard InChI is InChI=1S/C24H21N5O4/c1-14-13-15(2)17(4)22(16(14)3)23-25-33-29-26(23)20-11-7-8-12-21(20)27(29)24(30)18-9-5-6-10-19(18)28(31)32/h5-13H,1-4H3. The number of aryl methyl sites for hydroxylation is 2. The van der Waals surface area contributed by atoms with E-state index in [-0.39, 0.29) is 11.3 Å². The van der Waals surface area contributed by atoms with Gasteiger partial charge in [-0.25, -0.2) is 0 Å². The molecule has 9 heteroatoms. The Bertz CT molecular complexity index is 1340. The SMILES string of the molecule is Cc1cc(C)c(C)c(C2=NON3N(C(=O)c4ccccc4[N+](=O)[O-])c4ccccc4N23)c1C. The first kappa shape index (κ1) is 20.7. The number of amidine groups is 1. The molecule has 0 unspecified atom stereocenters. The van der Waals surface area contributed by atoms with Crippen molar-refractivity contribution in [3.63, 3.8) is 0 Å². The predicted octanol–water partition coefficient (Wildman–Crippen LogP) is 4.73. The number of carbonyl (C=O) groups excluding carboxylic acids is 1. The number of nitro groups is 1. The number of carbonyl (C=O) groups is 1. The van der Waals surface area contributed by atoms with Crippen LogP contribution in [0.3, 0.4) is 0 Å². The van der Waals surface area contributed by atoms with Crippen LogP contribution in [0.1, 0.15) is 38.2 Å². The van der Waals surface area contributed by atoms with Crippen LogP contribution in [0.15, 0.2) is 59.8 Å². The monoisotopic (exact) mass is 443 g/mol. The van der Waals surface area contributed by atoms with E-state index in [1.165, 1.54) is 28.5 Å². The summed E-state index contributed by atoms with van der Waals surface area (Å²) < 4.78 is 0. The van der Waals surface area contributed by atoms with E-state index >= 15 is 0 Å². The van der Waals surface area contributed by atoms with E-state index in [0.717, 1.165) is 27.8 Å². The molecule has 0 aliphatic carbocycles. The molecule has 5 rings (SSSR count). The first-order chi connectivity index (χ1) is 15.8. The number of fused-ring (bicyclic) bond motifs is 3. The summed E-state index contributed by atoms with van der Waals surface area (Å²) in [7, 11) is 0. The molecule has 2 aliphatic heterocycles. The Hall–Kier alpha value is -4.24. The first-order valence-corrected chi connectivity index (χ1v) is 10.4. The molecule has 166 valence electrons. The summed E-state index contributed by atoms with van der Waals surface area (Å²) in [6.07, 6.45) is 0. The Morgan fingerprint density at radius 3 is 2.21 bits per heavy atom. The lowest BCUT2D eigenvalue weighted by molar-refractivity contribution is -0.385. The van der Waals surface area contributed by atoms with Gasteiger partial charge in [-0.1, -0.05) is 30.3 Å². The fourth-order valence-corrected chi connectivity index (χ4v) is 4.30. The summed E-state index contributed by atoms with van der Waals surface area (Å²) in [4.78, 5) is 30.2. The minimum atomic E-state index is -0.595. The topological polar surface area (TPSA) is 91.5 Å². The van der Waals surface area contributed by atoms with Crippen molar-refractivity contribution in [2.75, 3.05) is 10.0 Å². The maximum atomic E-state index is 13.6. The second-order valence-corrected chi connectivity index (χ2v) is 8.08. The van der Waals surface area contributed by atoms with Crippen LogP contribution < -0.4 is 10.0 Å². The van der Waals surface area contributed by atoms with E-state index in [1.54, 1.807) is 23.2 Å². The van der Waals surface area contributed by atoms with Crippen molar-refractivity contribution in [2.45, 2.75) is 27.7 Å². The minimum Gasteiger partial charge on any atom is -0.267 e. The van der Waals surface area contributed by atoms with E-state index < -0.39 is 10.8 Å². The molecule has 3 aromatic carbocycles. The summed E-state index contributed by atoms with van der Waals surface area (Å²) in [6, 6.07) is 15.3. The van der Waals surface area contributed by atoms with Crippen molar-refractivity contribution >= 4 is 28.8 Å². The number of hydrogen-bond acceptors (Lipinski definition) is 7. The van der Waals surface area contributed by atoms with Gasteiger partial charge in [0.25, 0.3) is 11.6 Å². The van der Waals surface area contributed by atoms with Crippen molar-refractivity contribution in [1.29, 1.82) is 0 Å². The Labute approximate surface area is 190 Å². The molecule has 1 amide bonds. The van der Waals surface area contributed by atoms with Gasteiger partial charge in [-0.15, -0.1) is 0 Å². The first-order valence-electron chi connectivity index (χ1n) is 10.4. The van der Waals surface area contributed by atoms with Gasteiger partial charge in [0.1, 0.15) is 5.56 Å². The highest BCUT2D eigenvalue weighted by molar-refractivity contribution is 6.18. The molecule has 0 atom stereocenters. The number of nitrogens with zero attached hydrogens (tertiary/aromatic N) is 5. The van der Waals surface area contributed by atoms with E-state index in [0.29, 0.717) is 17.2 Å². The number of nitro benzene ring substituents is 1. The highest BCUT2D eigenvalue weighted by Gasteiger charge is 2.48. The average Bonchev–Trinajstić information content (AvgIpc) is 3.36. The van der Waals surface area contributed by atoms with E-state index in [9.17, 15) is 14.9 Å². The third-order valence-corrected chi connectivity index (χ3v) is 6.19. The Balaban J connectivity index is 1.64. The fourth-order valence-electron chi connectivity index (χ4n) is 4.30. The molecule has 0 bridgehead atoms. The van der Waals surface area contributed by atoms with Gasteiger partial charge in [-0.2, -0.15) is 10.0 Å². The quantitative estimate of drug-likeness (QED) is 0.429. The molecule has 33 heavy (non-hydrogen) atoms. The van der Waals surface area contributed by atoms with E-state index in [4.69, 9.17) is 4.94 Å². The molecular weight excluding hydrogens is 422 g/mol. The van der Waals surface area contributed by atoms with Crippen molar-refractivity contribution in [2.24, 2.45) is 5.16 Å². The van der Waals surface area contributed by atoms with E-state index in [2.05, 4.69) is 11.2 Å². The highest BCUT2D eigenvalue weighted by Crippen LogP contribution is 2.44. The third-order valence-electron chi connectivity index (χ3n) is 6.19. The molecular formula is C24H21N5O4. The predicted molar refractivity (Wildman–Crippen MR) is 124 cm³/mol. The zero-order valence-corrected chi connectivity index (χ0v) is 18.6. The lowest BCUT2D eigenvalue weighted by Crippen LogP contribution is -2.49. The summed E-state index contributed by atoms with van der Waals surface area (Å²) in [5.41, 5.74) is 6.17. The lowest BCUT2D eigenvalue weighted by Gasteiger charge is -2.25. The summed E-state index contributed by atoms with van der Waals surface area (Å²) in [6.45, 7) is 8.14. The van der Waals surface area contributed by atoms with Gasteiger partial charge in [-0.05, 0) is 73.3 Å². The summed E-state index contributed by atoms with van der Waals surface area (Å²) >= 11 is 0. The highest BCUT2D eigenvalue weighted by atomic mass is 16.9. The number of hydrazine groups is 2. The van der Waals surface area contributed by atoms with Crippen molar-refractivity contribution in [3.05, 3.63) is 98.1 Å². The molecule has 0 spiro atoms. The van der Waals surface area contributed by atoms with Gasteiger partial charge in [0, 0.05) is 11.6 Å². The van der Waals surface area contributed by atoms with Gasteiger partial charge in [0.15, 0.2) is 0 Å². The molecule has 2 heterocycles. The normalized spacial score (nSPS) is 14.6. The van der Waals surface area contributed by atoms with Crippen LogP contribution in [0.4, 0.5) is 17.1 Å². The number of amides is 1. The van der Waals surface area contributed by atoms with Gasteiger partial charge < -0.3 is 0 Å². The molecule has 0 aromatic heterocycles. The number of benzene rings is 3. The smallest absolute Gasteiger partial charge is 0.267 e. The van der Waals surface area contributed by atoms with Crippen LogP contribution in [-0.4, -0.2) is 21.9 Å². The van der Waals surface area contributed by atoms with Crippen LogP contribution in [0.2, 0.25) is 0 Å². The maximum Gasteiger partial charge on any atom is 0.284 e. The Morgan fingerprint density at radius 1 is 0.939 bits per heavy atom. The lowest BCUT2D eigenvalue weighted by atomic mass is 9.93. The van der Waals surface area contributed by atoms with Crippen molar-refractivity contribution in [1.82, 2.24) is 5.28 Å². The summed E-state index contributed by atoms with van der Waals surface area (Å²) in [5.74, 6) is -0.0512. The van der Waals surface area contributed by atoms with Gasteiger partial charge >= 0.3 is 0 Å². The van der Waals surface area contributed by atoms with Gasteiger partial charge in [0.2, 0.25) is 5.84 Å². The van der Waals surface area contributed by atoms with Crippen LogP contribution in [0.25, 0.3) is 0 Å². The number of anilines is 2. The fraction of sp³-hybridized carbons (Fsp3) is 0.167. The average molecular weight is 443 g/mol. The number of rotatable bonds is 3.